The minimum atomic E-state index is -0.0357. The molecule has 0 aromatic rings. The normalized spacial score (nSPS) is 38.5. The lowest BCUT2D eigenvalue weighted by molar-refractivity contribution is -0.157. The molecule has 2 amide bonds. The van der Waals surface area contributed by atoms with Crippen LogP contribution in [0, 0.1) is 29.1 Å². The zero-order valence-electron chi connectivity index (χ0n) is 15.3. The molecule has 4 bridgehead atoms. The van der Waals surface area contributed by atoms with Crippen LogP contribution in [0.3, 0.4) is 0 Å². The Morgan fingerprint density at radius 2 is 1.33 bits per heavy atom. The molecule has 0 aromatic carbocycles. The van der Waals surface area contributed by atoms with Crippen molar-refractivity contribution in [3.05, 3.63) is 0 Å². The van der Waals surface area contributed by atoms with Gasteiger partial charge >= 0.3 is 0 Å². The molecule has 0 aromatic heterocycles. The summed E-state index contributed by atoms with van der Waals surface area (Å²) in [6.07, 6.45) is 8.49. The summed E-state index contributed by atoms with van der Waals surface area (Å²) < 4.78 is 0. The highest BCUT2D eigenvalue weighted by molar-refractivity contribution is 5.83. The molecule has 4 heteroatoms. The van der Waals surface area contributed by atoms with E-state index in [1.165, 1.54) is 19.3 Å². The molecule has 1 aliphatic heterocycles. The van der Waals surface area contributed by atoms with E-state index in [9.17, 15) is 9.59 Å². The van der Waals surface area contributed by atoms with E-state index in [0.717, 1.165) is 69.6 Å². The predicted molar refractivity (Wildman–Crippen MR) is 93.2 cm³/mol. The summed E-state index contributed by atoms with van der Waals surface area (Å²) in [5, 5.41) is 0. The molecule has 0 N–H and O–H groups in total. The highest BCUT2D eigenvalue weighted by Crippen LogP contribution is 2.60. The van der Waals surface area contributed by atoms with Crippen molar-refractivity contribution in [1.29, 1.82) is 0 Å². The van der Waals surface area contributed by atoms with E-state index < -0.39 is 0 Å². The minimum Gasteiger partial charge on any atom is -0.341 e. The molecule has 5 aliphatic rings. The standard InChI is InChI=1S/C20H32N2O2/c1-14(2)18(23)21-4-3-5-22(7-6-21)19(24)20-11-15-8-16(12-20)10-17(9-15)13-20/h14-17H,3-13H2,1-2H3. The van der Waals surface area contributed by atoms with Gasteiger partial charge < -0.3 is 9.80 Å². The third-order valence-electron chi connectivity index (χ3n) is 7.08. The lowest BCUT2D eigenvalue weighted by atomic mass is 9.49. The first-order valence-corrected chi connectivity index (χ1v) is 10.0. The average molecular weight is 332 g/mol. The highest BCUT2D eigenvalue weighted by atomic mass is 16.2. The van der Waals surface area contributed by atoms with Gasteiger partial charge in [-0.2, -0.15) is 0 Å². The average Bonchev–Trinajstić information content (AvgIpc) is 2.78. The van der Waals surface area contributed by atoms with E-state index >= 15 is 0 Å². The summed E-state index contributed by atoms with van der Waals surface area (Å²) in [6, 6.07) is 0. The molecule has 1 saturated heterocycles. The van der Waals surface area contributed by atoms with Crippen LogP contribution in [0.25, 0.3) is 0 Å². The summed E-state index contributed by atoms with van der Waals surface area (Å²) in [7, 11) is 0. The third kappa shape index (κ3) is 2.76. The Morgan fingerprint density at radius 1 is 0.833 bits per heavy atom. The van der Waals surface area contributed by atoms with Crippen molar-refractivity contribution in [1.82, 2.24) is 9.80 Å². The largest absolute Gasteiger partial charge is 0.341 e. The van der Waals surface area contributed by atoms with Crippen LogP contribution in [0.4, 0.5) is 0 Å². The Morgan fingerprint density at radius 3 is 1.88 bits per heavy atom. The SMILES string of the molecule is CC(C)C(=O)N1CCCN(C(=O)C23CC4CC(CC(C4)C2)C3)CC1. The lowest BCUT2D eigenvalue weighted by Gasteiger charge is -2.56. The van der Waals surface area contributed by atoms with Crippen molar-refractivity contribution in [2.75, 3.05) is 26.2 Å². The van der Waals surface area contributed by atoms with Crippen molar-refractivity contribution in [3.63, 3.8) is 0 Å². The molecule has 1 heterocycles. The van der Waals surface area contributed by atoms with Crippen LogP contribution >= 0.6 is 0 Å². The first-order valence-electron chi connectivity index (χ1n) is 10.0. The molecular formula is C20H32N2O2. The Bertz CT molecular complexity index is 492. The van der Waals surface area contributed by atoms with Crippen LogP contribution < -0.4 is 0 Å². The molecule has 4 aliphatic carbocycles. The van der Waals surface area contributed by atoms with Crippen LogP contribution in [0.15, 0.2) is 0 Å². The molecule has 5 rings (SSSR count). The molecule has 0 unspecified atom stereocenters. The first-order chi connectivity index (χ1) is 11.5. The zero-order chi connectivity index (χ0) is 16.9. The van der Waals surface area contributed by atoms with Gasteiger partial charge in [0.15, 0.2) is 0 Å². The maximum atomic E-state index is 13.4. The monoisotopic (exact) mass is 332 g/mol. The van der Waals surface area contributed by atoms with Gasteiger partial charge in [-0.25, -0.2) is 0 Å². The second kappa shape index (κ2) is 6.03. The summed E-state index contributed by atoms with van der Waals surface area (Å²) in [6.45, 7) is 7.02. The molecule has 4 saturated carbocycles. The van der Waals surface area contributed by atoms with Crippen LogP contribution in [0.2, 0.25) is 0 Å². The Hall–Kier alpha value is -1.06. The number of hydrogen-bond acceptors (Lipinski definition) is 2. The van der Waals surface area contributed by atoms with Crippen molar-refractivity contribution in [3.8, 4) is 0 Å². The fourth-order valence-corrected chi connectivity index (χ4v) is 6.41. The maximum absolute atomic E-state index is 13.4. The zero-order valence-corrected chi connectivity index (χ0v) is 15.3. The fraction of sp³-hybridized carbons (Fsp3) is 0.900. The van der Waals surface area contributed by atoms with Crippen molar-refractivity contribution < 1.29 is 9.59 Å². The van der Waals surface area contributed by atoms with Crippen LogP contribution in [0.1, 0.15) is 58.8 Å². The van der Waals surface area contributed by atoms with E-state index in [-0.39, 0.29) is 17.2 Å². The van der Waals surface area contributed by atoms with Gasteiger partial charge in [-0.1, -0.05) is 13.8 Å². The predicted octanol–water partition coefficient (Wildman–Crippen LogP) is 2.92. The number of nitrogens with zero attached hydrogens (tertiary/aromatic N) is 2. The summed E-state index contributed by atoms with van der Waals surface area (Å²) in [4.78, 5) is 29.8. The Kier molecular flexibility index (Phi) is 4.12. The lowest BCUT2D eigenvalue weighted by Crippen LogP contribution is -2.55. The quantitative estimate of drug-likeness (QED) is 0.780. The number of hydrogen-bond donors (Lipinski definition) is 0. The number of amides is 2. The fourth-order valence-electron chi connectivity index (χ4n) is 6.41. The van der Waals surface area contributed by atoms with Gasteiger partial charge in [0.1, 0.15) is 0 Å². The number of rotatable bonds is 2. The van der Waals surface area contributed by atoms with Gasteiger partial charge in [0.25, 0.3) is 0 Å². The Balaban J connectivity index is 1.44. The second-order valence-corrected chi connectivity index (χ2v) is 9.32. The molecule has 0 atom stereocenters. The summed E-state index contributed by atoms with van der Waals surface area (Å²) in [5.41, 5.74) is -0.0357. The van der Waals surface area contributed by atoms with Crippen LogP contribution in [-0.4, -0.2) is 47.8 Å². The summed E-state index contributed by atoms with van der Waals surface area (Å²) in [5.74, 6) is 3.15. The number of carbonyl (C=O) groups is 2. The molecule has 0 radical (unpaired) electrons. The topological polar surface area (TPSA) is 40.6 Å². The molecular weight excluding hydrogens is 300 g/mol. The van der Waals surface area contributed by atoms with Crippen molar-refractivity contribution >= 4 is 11.8 Å². The summed E-state index contributed by atoms with van der Waals surface area (Å²) >= 11 is 0. The second-order valence-electron chi connectivity index (χ2n) is 9.32. The number of carbonyl (C=O) groups excluding carboxylic acids is 2. The van der Waals surface area contributed by atoms with Crippen LogP contribution in [0.5, 0.6) is 0 Å². The van der Waals surface area contributed by atoms with Crippen molar-refractivity contribution in [2.45, 2.75) is 58.8 Å². The van der Waals surface area contributed by atoms with Gasteiger partial charge in [-0.15, -0.1) is 0 Å². The highest BCUT2D eigenvalue weighted by Gasteiger charge is 2.55. The van der Waals surface area contributed by atoms with Gasteiger partial charge in [0, 0.05) is 32.1 Å². The molecule has 24 heavy (non-hydrogen) atoms. The molecule has 5 fully saturated rings. The van der Waals surface area contributed by atoms with Gasteiger partial charge in [-0.3, -0.25) is 9.59 Å². The molecule has 134 valence electrons. The van der Waals surface area contributed by atoms with Gasteiger partial charge in [0.2, 0.25) is 11.8 Å². The van der Waals surface area contributed by atoms with E-state index in [1.807, 2.05) is 18.7 Å². The maximum Gasteiger partial charge on any atom is 0.228 e. The van der Waals surface area contributed by atoms with E-state index in [2.05, 4.69) is 4.90 Å². The van der Waals surface area contributed by atoms with E-state index in [1.54, 1.807) is 0 Å². The van der Waals surface area contributed by atoms with Gasteiger partial charge in [0.05, 0.1) is 5.41 Å². The smallest absolute Gasteiger partial charge is 0.228 e. The first kappa shape index (κ1) is 16.4. The third-order valence-corrected chi connectivity index (χ3v) is 7.08. The van der Waals surface area contributed by atoms with Crippen LogP contribution in [-0.2, 0) is 9.59 Å². The van der Waals surface area contributed by atoms with E-state index in [4.69, 9.17) is 0 Å². The van der Waals surface area contributed by atoms with Crippen molar-refractivity contribution in [2.24, 2.45) is 29.1 Å². The van der Waals surface area contributed by atoms with Gasteiger partial charge in [-0.05, 0) is 62.7 Å². The minimum absolute atomic E-state index is 0.0357. The van der Waals surface area contributed by atoms with E-state index in [0.29, 0.717) is 5.91 Å². The molecule has 0 spiro atoms. The molecule has 4 nitrogen and oxygen atoms in total. The Labute approximate surface area is 145 Å².